The SMILES string of the molecule is Cn1cc(C[C@H](C(=O)NC(C)(C)Cn2nc(C(F)(F)F)cc2-c2cnn(C3CCCCO3)n2)N2CC[C@@]3(C[C@@H]3c3ccc(-c4cnc5nn(C)cc5c4)cc3)C2=O)cn1. The van der Waals surface area contributed by atoms with Gasteiger partial charge in [0.15, 0.2) is 17.6 Å². The van der Waals surface area contributed by atoms with E-state index in [2.05, 4.69) is 66.1 Å². The molecular formula is C41H45F3N12O3. The van der Waals surface area contributed by atoms with E-state index in [4.69, 9.17) is 4.74 Å². The fourth-order valence-electron chi connectivity index (χ4n) is 8.76. The molecule has 59 heavy (non-hydrogen) atoms. The number of carbonyl (C=O) groups is 2. The Morgan fingerprint density at radius 3 is 2.53 bits per heavy atom. The number of pyridine rings is 1. The van der Waals surface area contributed by atoms with Crippen LogP contribution in [0.2, 0.25) is 0 Å². The average Bonchev–Trinajstić information content (AvgIpc) is 3.79. The van der Waals surface area contributed by atoms with Gasteiger partial charge in [0.2, 0.25) is 11.8 Å². The van der Waals surface area contributed by atoms with Gasteiger partial charge in [0.05, 0.1) is 35.6 Å². The molecule has 15 nitrogen and oxygen atoms in total. The molecule has 1 spiro atoms. The zero-order valence-corrected chi connectivity index (χ0v) is 33.2. The number of aromatic nitrogens is 10. The van der Waals surface area contributed by atoms with Crippen LogP contribution in [0.3, 0.4) is 0 Å². The summed E-state index contributed by atoms with van der Waals surface area (Å²) >= 11 is 0. The first-order valence-electron chi connectivity index (χ1n) is 19.8. The Morgan fingerprint density at radius 1 is 0.983 bits per heavy atom. The van der Waals surface area contributed by atoms with E-state index in [1.54, 1.807) is 41.4 Å². The Kier molecular flexibility index (Phi) is 9.44. The highest BCUT2D eigenvalue weighted by Crippen LogP contribution is 2.65. The van der Waals surface area contributed by atoms with Gasteiger partial charge in [0.25, 0.3) is 0 Å². The molecule has 3 fully saturated rings. The predicted molar refractivity (Wildman–Crippen MR) is 208 cm³/mol. The number of likely N-dealkylation sites (tertiary alicyclic amines) is 1. The number of carbonyl (C=O) groups excluding carboxylic acids is 2. The first kappa shape index (κ1) is 38.6. The first-order valence-corrected chi connectivity index (χ1v) is 19.8. The molecule has 6 aromatic rings. The minimum absolute atomic E-state index is 0.00947. The number of rotatable bonds is 11. The molecule has 9 rings (SSSR count). The van der Waals surface area contributed by atoms with Crippen molar-refractivity contribution < 1.29 is 27.5 Å². The molecule has 308 valence electrons. The molecule has 1 unspecified atom stereocenters. The number of hydrogen-bond donors (Lipinski definition) is 1. The standard InChI is InChI=1S/C41H45F3N12O3/c1-39(2,24-55-32(17-34(50-55)41(42,43)44)31-21-47-56(49-31)35-7-5-6-14-59-35)48-37(57)33(15-25-19-46-52(3)22-25)54-13-12-40(38(54)58)18-30(40)27-10-8-26(9-11-27)28-16-29-23-53(4)51-36(29)45-20-28/h8-11,16-17,19-23,30,33,35H,5-7,12-15,18,24H2,1-4H3,(H,48,57)/t30-,33-,35?,40+/m1/s1. The van der Waals surface area contributed by atoms with Gasteiger partial charge >= 0.3 is 6.18 Å². The lowest BCUT2D eigenvalue weighted by Gasteiger charge is -2.33. The fraction of sp³-hybridized carbons (Fsp3) is 0.463. The van der Waals surface area contributed by atoms with Crippen molar-refractivity contribution >= 4 is 22.8 Å². The van der Waals surface area contributed by atoms with Crippen LogP contribution in [-0.4, -0.2) is 90.8 Å². The summed E-state index contributed by atoms with van der Waals surface area (Å²) in [6, 6.07) is 10.4. The second kappa shape index (κ2) is 14.4. The van der Waals surface area contributed by atoms with E-state index >= 15 is 0 Å². The number of benzene rings is 1. The quantitative estimate of drug-likeness (QED) is 0.180. The zero-order valence-electron chi connectivity index (χ0n) is 33.2. The Labute approximate surface area is 337 Å². The molecule has 7 heterocycles. The number of fused-ring (bicyclic) bond motifs is 1. The van der Waals surface area contributed by atoms with E-state index in [-0.39, 0.29) is 36.2 Å². The van der Waals surface area contributed by atoms with Crippen molar-refractivity contribution in [1.82, 2.24) is 59.5 Å². The normalized spacial score (nSPS) is 21.5. The number of halogens is 3. The summed E-state index contributed by atoms with van der Waals surface area (Å²) in [5, 5.41) is 25.4. The Morgan fingerprint density at radius 2 is 1.80 bits per heavy atom. The van der Waals surface area contributed by atoms with Crippen LogP contribution in [0, 0.1) is 5.41 Å². The maximum atomic E-state index is 14.5. The maximum absolute atomic E-state index is 14.5. The first-order chi connectivity index (χ1) is 28.2. The van der Waals surface area contributed by atoms with Gasteiger partial charge in [-0.3, -0.25) is 23.6 Å². The van der Waals surface area contributed by atoms with Crippen molar-refractivity contribution in [3.05, 3.63) is 84.2 Å². The summed E-state index contributed by atoms with van der Waals surface area (Å²) < 4.78 is 52.5. The molecule has 5 aromatic heterocycles. The molecule has 2 aliphatic heterocycles. The molecule has 0 bridgehead atoms. The summed E-state index contributed by atoms with van der Waals surface area (Å²) in [4.78, 5) is 36.5. The molecule has 1 aromatic carbocycles. The number of hydrogen-bond acceptors (Lipinski definition) is 9. The highest BCUT2D eigenvalue weighted by atomic mass is 19.4. The van der Waals surface area contributed by atoms with E-state index in [9.17, 15) is 22.8 Å². The van der Waals surface area contributed by atoms with Crippen molar-refractivity contribution in [3.8, 4) is 22.5 Å². The number of amides is 2. The second-order valence-corrected chi connectivity index (χ2v) is 16.8. The van der Waals surface area contributed by atoms with Crippen LogP contribution in [0.25, 0.3) is 33.5 Å². The highest BCUT2D eigenvalue weighted by molar-refractivity contribution is 5.94. The number of alkyl halides is 3. The lowest BCUT2D eigenvalue weighted by atomic mass is 9.95. The molecular weight excluding hydrogens is 766 g/mol. The van der Waals surface area contributed by atoms with Crippen LogP contribution in [0.15, 0.2) is 67.4 Å². The molecule has 18 heteroatoms. The lowest BCUT2D eigenvalue weighted by molar-refractivity contribution is -0.141. The van der Waals surface area contributed by atoms with Crippen LogP contribution >= 0.6 is 0 Å². The molecule has 3 aliphatic rings. The van der Waals surface area contributed by atoms with E-state index in [1.807, 2.05) is 25.6 Å². The number of aryl methyl sites for hydroxylation is 2. The van der Waals surface area contributed by atoms with Crippen LogP contribution in [0.4, 0.5) is 13.2 Å². The van der Waals surface area contributed by atoms with Gasteiger partial charge in [0, 0.05) is 63.2 Å². The smallest absolute Gasteiger partial charge is 0.355 e. The van der Waals surface area contributed by atoms with Gasteiger partial charge in [-0.1, -0.05) is 24.3 Å². The van der Waals surface area contributed by atoms with Crippen molar-refractivity contribution in [3.63, 3.8) is 0 Å². The number of nitrogens with one attached hydrogen (secondary N) is 1. The molecule has 1 N–H and O–H groups in total. The van der Waals surface area contributed by atoms with E-state index in [0.717, 1.165) is 46.5 Å². The van der Waals surface area contributed by atoms with Gasteiger partial charge in [-0.2, -0.15) is 38.4 Å². The van der Waals surface area contributed by atoms with Gasteiger partial charge in [-0.15, -0.1) is 5.10 Å². The van der Waals surface area contributed by atoms with Crippen LogP contribution < -0.4 is 5.32 Å². The third-order valence-electron chi connectivity index (χ3n) is 11.8. The lowest BCUT2D eigenvalue weighted by Crippen LogP contribution is -2.56. The van der Waals surface area contributed by atoms with E-state index < -0.39 is 41.0 Å². The van der Waals surface area contributed by atoms with Crippen LogP contribution in [-0.2, 0) is 47.6 Å². The highest BCUT2D eigenvalue weighted by Gasteiger charge is 2.65. The molecule has 1 aliphatic carbocycles. The van der Waals surface area contributed by atoms with Crippen LogP contribution in [0.1, 0.15) is 74.9 Å². The average molecular weight is 811 g/mol. The molecule has 2 amide bonds. The molecule has 0 radical (unpaired) electrons. The number of ether oxygens (including phenoxy) is 1. The fourth-order valence-corrected chi connectivity index (χ4v) is 8.76. The minimum Gasteiger partial charge on any atom is -0.355 e. The third-order valence-corrected chi connectivity index (χ3v) is 11.8. The Balaban J connectivity index is 0.931. The van der Waals surface area contributed by atoms with E-state index in [1.165, 1.54) is 15.7 Å². The van der Waals surface area contributed by atoms with Crippen molar-refractivity contribution in [2.45, 2.75) is 88.8 Å². The van der Waals surface area contributed by atoms with Crippen molar-refractivity contribution in [2.24, 2.45) is 19.5 Å². The molecule has 2 saturated heterocycles. The summed E-state index contributed by atoms with van der Waals surface area (Å²) in [6.07, 6.45) is 7.53. The minimum atomic E-state index is -4.72. The van der Waals surface area contributed by atoms with Gasteiger partial charge < -0.3 is 15.0 Å². The Hall–Kier alpha value is -5.91. The summed E-state index contributed by atoms with van der Waals surface area (Å²) in [5.74, 6) is -0.487. The van der Waals surface area contributed by atoms with E-state index in [0.29, 0.717) is 38.1 Å². The summed E-state index contributed by atoms with van der Waals surface area (Å²) in [6.45, 7) is 4.25. The molecule has 4 atom stereocenters. The largest absolute Gasteiger partial charge is 0.435 e. The van der Waals surface area contributed by atoms with Crippen molar-refractivity contribution in [1.29, 1.82) is 0 Å². The topological polar surface area (TPSA) is 156 Å². The maximum Gasteiger partial charge on any atom is 0.435 e. The molecule has 1 saturated carbocycles. The van der Waals surface area contributed by atoms with Crippen molar-refractivity contribution in [2.75, 3.05) is 13.2 Å². The van der Waals surface area contributed by atoms with Gasteiger partial charge in [-0.05, 0) is 80.7 Å². The van der Waals surface area contributed by atoms with Gasteiger partial charge in [-0.25, -0.2) is 4.98 Å². The monoisotopic (exact) mass is 810 g/mol. The second-order valence-electron chi connectivity index (χ2n) is 16.8. The summed E-state index contributed by atoms with van der Waals surface area (Å²) in [5.41, 5.74) is 1.99. The summed E-state index contributed by atoms with van der Waals surface area (Å²) in [7, 11) is 3.64. The predicted octanol–water partition coefficient (Wildman–Crippen LogP) is 5.45. The zero-order chi connectivity index (χ0) is 41.3. The number of nitrogens with zero attached hydrogens (tertiary/aromatic N) is 11. The van der Waals surface area contributed by atoms with Gasteiger partial charge in [0.1, 0.15) is 11.7 Å². The Bertz CT molecular complexity index is 2530. The van der Waals surface area contributed by atoms with Crippen LogP contribution in [0.5, 0.6) is 0 Å². The third kappa shape index (κ3) is 7.49.